The van der Waals surface area contributed by atoms with E-state index in [2.05, 4.69) is 39.1 Å². The van der Waals surface area contributed by atoms with E-state index in [1.165, 1.54) is 18.6 Å². The summed E-state index contributed by atoms with van der Waals surface area (Å²) in [5, 5.41) is 13.3. The number of unbranched alkanes of at least 4 members (excludes halogenated alkanes) is 1. The summed E-state index contributed by atoms with van der Waals surface area (Å²) < 4.78 is 0. The molecule has 0 saturated heterocycles. The van der Waals surface area contributed by atoms with E-state index in [0.717, 1.165) is 18.1 Å². The largest absolute Gasteiger partial charge is 0.297 e. The van der Waals surface area contributed by atoms with Crippen molar-refractivity contribution in [3.8, 4) is 6.07 Å². The molecule has 0 aromatic carbocycles. The second-order valence-electron chi connectivity index (χ2n) is 5.29. The predicted octanol–water partition coefficient (Wildman–Crippen LogP) is 3.97. The molecule has 0 radical (unpaired) electrons. The molecule has 0 aromatic rings. The summed E-state index contributed by atoms with van der Waals surface area (Å²) in [6.07, 6.45) is 4.54. The van der Waals surface area contributed by atoms with Crippen molar-refractivity contribution in [2.75, 3.05) is 5.75 Å². The molecule has 100 valence electrons. The van der Waals surface area contributed by atoms with Crippen LogP contribution >= 0.6 is 11.8 Å². The lowest BCUT2D eigenvalue weighted by atomic mass is 9.96. The number of rotatable bonds is 9. The lowest BCUT2D eigenvalue weighted by Crippen LogP contribution is -2.44. The summed E-state index contributed by atoms with van der Waals surface area (Å²) >= 11 is 2.05. The Morgan fingerprint density at radius 3 is 2.41 bits per heavy atom. The fourth-order valence-electron chi connectivity index (χ4n) is 1.78. The Kier molecular flexibility index (Phi) is 8.72. The Morgan fingerprint density at radius 1 is 1.29 bits per heavy atom. The third-order valence-electron chi connectivity index (χ3n) is 2.90. The van der Waals surface area contributed by atoms with Crippen molar-refractivity contribution in [1.82, 2.24) is 5.32 Å². The van der Waals surface area contributed by atoms with Gasteiger partial charge < -0.3 is 0 Å². The van der Waals surface area contributed by atoms with Crippen molar-refractivity contribution in [2.45, 2.75) is 77.1 Å². The molecule has 0 aromatic heterocycles. The summed E-state index contributed by atoms with van der Waals surface area (Å²) in [6, 6.07) is 2.77. The highest BCUT2D eigenvalue weighted by atomic mass is 32.2. The van der Waals surface area contributed by atoms with E-state index in [9.17, 15) is 5.26 Å². The van der Waals surface area contributed by atoms with Gasteiger partial charge in [0.2, 0.25) is 0 Å². The van der Waals surface area contributed by atoms with E-state index < -0.39 is 0 Å². The Labute approximate surface area is 112 Å². The van der Waals surface area contributed by atoms with Crippen molar-refractivity contribution in [3.63, 3.8) is 0 Å². The third kappa shape index (κ3) is 8.51. The van der Waals surface area contributed by atoms with Gasteiger partial charge in [-0.1, -0.05) is 13.8 Å². The molecular weight excluding hydrogens is 228 g/mol. The molecule has 0 aliphatic carbocycles. The normalized spacial score (nSPS) is 16.5. The van der Waals surface area contributed by atoms with Gasteiger partial charge in [-0.15, -0.1) is 0 Å². The van der Waals surface area contributed by atoms with E-state index >= 15 is 0 Å². The van der Waals surface area contributed by atoms with Crippen LogP contribution in [0.25, 0.3) is 0 Å². The first kappa shape index (κ1) is 16.8. The molecular formula is C14H28N2S. The number of nitrogens with one attached hydrogen (secondary N) is 1. The minimum Gasteiger partial charge on any atom is -0.297 e. The minimum absolute atomic E-state index is 0.352. The van der Waals surface area contributed by atoms with Crippen LogP contribution in [0.2, 0.25) is 0 Å². The van der Waals surface area contributed by atoms with Crippen LogP contribution in [0.15, 0.2) is 0 Å². The molecule has 2 atom stereocenters. The van der Waals surface area contributed by atoms with Gasteiger partial charge in [-0.3, -0.25) is 5.32 Å². The quantitative estimate of drug-likeness (QED) is 0.634. The van der Waals surface area contributed by atoms with Gasteiger partial charge in [0, 0.05) is 11.3 Å². The summed E-state index contributed by atoms with van der Waals surface area (Å²) in [5.41, 5.74) is -0.352. The van der Waals surface area contributed by atoms with Gasteiger partial charge >= 0.3 is 0 Å². The van der Waals surface area contributed by atoms with Gasteiger partial charge in [-0.2, -0.15) is 17.0 Å². The van der Waals surface area contributed by atoms with Crippen LogP contribution in [0.3, 0.4) is 0 Å². The van der Waals surface area contributed by atoms with Crippen LogP contribution in [0.4, 0.5) is 0 Å². The average molecular weight is 256 g/mol. The second kappa shape index (κ2) is 8.83. The molecule has 0 amide bonds. The fraction of sp³-hybridized carbons (Fsp3) is 0.929. The average Bonchev–Trinajstić information content (AvgIpc) is 2.27. The molecule has 0 rings (SSSR count). The fourth-order valence-corrected chi connectivity index (χ4v) is 2.79. The van der Waals surface area contributed by atoms with Gasteiger partial charge in [0.05, 0.1) is 6.07 Å². The lowest BCUT2D eigenvalue weighted by molar-refractivity contribution is 0.372. The number of hydrogen-bond donors (Lipinski definition) is 1. The van der Waals surface area contributed by atoms with Gasteiger partial charge in [0.15, 0.2) is 0 Å². The highest BCUT2D eigenvalue weighted by molar-refractivity contribution is 7.99. The zero-order chi connectivity index (χ0) is 13.3. The van der Waals surface area contributed by atoms with E-state index in [1.807, 2.05) is 18.7 Å². The smallest absolute Gasteiger partial charge is 0.104 e. The van der Waals surface area contributed by atoms with Gasteiger partial charge in [0.1, 0.15) is 5.54 Å². The molecule has 0 aliphatic heterocycles. The summed E-state index contributed by atoms with van der Waals surface area (Å²) in [5.74, 6) is 1.22. The zero-order valence-corrected chi connectivity index (χ0v) is 12.9. The molecule has 1 N–H and O–H groups in total. The van der Waals surface area contributed by atoms with Crippen molar-refractivity contribution >= 4 is 11.8 Å². The Morgan fingerprint density at radius 2 is 1.94 bits per heavy atom. The monoisotopic (exact) mass is 256 g/mol. The van der Waals surface area contributed by atoms with Crippen LogP contribution in [0, 0.1) is 11.3 Å². The number of hydrogen-bond acceptors (Lipinski definition) is 3. The van der Waals surface area contributed by atoms with Crippen molar-refractivity contribution in [3.05, 3.63) is 0 Å². The van der Waals surface area contributed by atoms with Crippen molar-refractivity contribution in [2.24, 2.45) is 0 Å². The molecule has 0 aliphatic rings. The summed E-state index contributed by atoms with van der Waals surface area (Å²) in [6.45, 7) is 10.7. The molecule has 2 nitrogen and oxygen atoms in total. The maximum absolute atomic E-state index is 9.20. The number of nitriles is 1. The summed E-state index contributed by atoms with van der Waals surface area (Å²) in [4.78, 5) is 0. The Hall–Kier alpha value is -0.200. The third-order valence-corrected chi connectivity index (χ3v) is 4.33. The standard InChI is InChI=1S/C14H28N2S/c1-6-13(4)17-10-8-7-9-14(5,11-15)16-12(2)3/h12-13,16H,6-10H2,1-5H3. The molecule has 2 unspecified atom stereocenters. The van der Waals surface area contributed by atoms with Crippen LogP contribution in [-0.4, -0.2) is 22.6 Å². The van der Waals surface area contributed by atoms with Crippen molar-refractivity contribution < 1.29 is 0 Å². The summed E-state index contributed by atoms with van der Waals surface area (Å²) in [7, 11) is 0. The van der Waals surface area contributed by atoms with Gasteiger partial charge in [-0.05, 0) is 52.2 Å². The molecule has 0 saturated carbocycles. The molecule has 0 bridgehead atoms. The zero-order valence-electron chi connectivity index (χ0n) is 12.0. The predicted molar refractivity (Wildman–Crippen MR) is 78.4 cm³/mol. The molecule has 17 heavy (non-hydrogen) atoms. The van der Waals surface area contributed by atoms with E-state index in [-0.39, 0.29) is 5.54 Å². The van der Waals surface area contributed by atoms with Gasteiger partial charge in [0.25, 0.3) is 0 Å². The van der Waals surface area contributed by atoms with E-state index in [1.54, 1.807) is 0 Å². The number of nitrogens with zero attached hydrogens (tertiary/aromatic N) is 1. The van der Waals surface area contributed by atoms with Crippen molar-refractivity contribution in [1.29, 1.82) is 5.26 Å². The number of thioether (sulfide) groups is 1. The SMILES string of the molecule is CCC(C)SCCCCC(C)(C#N)NC(C)C. The van der Waals surface area contributed by atoms with Gasteiger partial charge in [-0.25, -0.2) is 0 Å². The minimum atomic E-state index is -0.352. The van der Waals surface area contributed by atoms with Crippen LogP contribution in [-0.2, 0) is 0 Å². The molecule has 0 heterocycles. The highest BCUT2D eigenvalue weighted by Crippen LogP contribution is 2.18. The second-order valence-corrected chi connectivity index (χ2v) is 6.84. The maximum atomic E-state index is 9.20. The van der Waals surface area contributed by atoms with Crippen LogP contribution in [0.1, 0.15) is 60.3 Å². The lowest BCUT2D eigenvalue weighted by Gasteiger charge is -2.25. The first-order chi connectivity index (χ1) is 7.93. The maximum Gasteiger partial charge on any atom is 0.104 e. The topological polar surface area (TPSA) is 35.8 Å². The molecule has 3 heteroatoms. The van der Waals surface area contributed by atoms with Crippen LogP contribution in [0.5, 0.6) is 0 Å². The molecule has 0 fully saturated rings. The highest BCUT2D eigenvalue weighted by Gasteiger charge is 2.23. The first-order valence-electron chi connectivity index (χ1n) is 6.74. The molecule has 0 spiro atoms. The Bertz CT molecular complexity index is 235. The first-order valence-corrected chi connectivity index (χ1v) is 7.79. The Balaban J connectivity index is 3.74. The van der Waals surface area contributed by atoms with Crippen LogP contribution < -0.4 is 5.32 Å². The van der Waals surface area contributed by atoms with E-state index in [4.69, 9.17) is 0 Å². The van der Waals surface area contributed by atoms with E-state index in [0.29, 0.717) is 6.04 Å².